The van der Waals surface area contributed by atoms with Crippen LogP contribution >= 0.6 is 0 Å². The molecule has 34 heavy (non-hydrogen) atoms. The molecule has 0 radical (unpaired) electrons. The molecule has 4 heterocycles. The molecule has 3 aromatic heterocycles. The maximum atomic E-state index is 13.6. The van der Waals surface area contributed by atoms with Crippen LogP contribution in [0.25, 0.3) is 16.6 Å². The molecule has 4 aromatic rings. The largest absolute Gasteiger partial charge is 0.475 e. The molecule has 174 valence electrons. The third-order valence-corrected chi connectivity index (χ3v) is 5.93. The number of hydrogen-bond donors (Lipinski definition) is 0. The molecular formula is C25H21F3N4O2. The first kappa shape index (κ1) is 21.9. The van der Waals surface area contributed by atoms with Crippen LogP contribution in [0, 0.1) is 0 Å². The summed E-state index contributed by atoms with van der Waals surface area (Å²) in [7, 11) is 0. The standard InChI is InChI=1S/C25H21F3N4O2/c26-25(27,28)18-11-12-21(29-15-18)34-16-19-9-6-13-31(19)24(33)23-22(17-7-2-1-3-8-17)20-10-4-5-14-32(20)30-23/h1-5,7-8,10-12,14-15,19H,6,9,13,16H2/t19-/m0/s1. The van der Waals surface area contributed by atoms with Crippen LogP contribution in [-0.2, 0) is 6.18 Å². The lowest BCUT2D eigenvalue weighted by atomic mass is 10.0. The lowest BCUT2D eigenvalue weighted by Crippen LogP contribution is -2.39. The summed E-state index contributed by atoms with van der Waals surface area (Å²) in [6, 6.07) is 17.2. The quantitative estimate of drug-likeness (QED) is 0.411. The SMILES string of the molecule is O=C(c1nn2ccccc2c1-c1ccccc1)N1CCC[C@H]1COc1ccc(C(F)(F)F)cn1. The van der Waals surface area contributed by atoms with Gasteiger partial charge in [-0.3, -0.25) is 4.79 Å². The molecule has 9 heteroatoms. The lowest BCUT2D eigenvalue weighted by Gasteiger charge is -2.24. The van der Waals surface area contributed by atoms with Crippen LogP contribution in [0.3, 0.4) is 0 Å². The van der Waals surface area contributed by atoms with E-state index < -0.39 is 11.7 Å². The van der Waals surface area contributed by atoms with Gasteiger partial charge in [-0.2, -0.15) is 18.3 Å². The Balaban J connectivity index is 1.38. The normalized spacial score (nSPS) is 16.2. The first-order valence-electron chi connectivity index (χ1n) is 10.9. The molecule has 0 saturated carbocycles. The van der Waals surface area contributed by atoms with Crippen molar-refractivity contribution in [3.8, 4) is 17.0 Å². The van der Waals surface area contributed by atoms with Gasteiger partial charge in [0.25, 0.3) is 5.91 Å². The predicted molar refractivity (Wildman–Crippen MR) is 119 cm³/mol. The van der Waals surface area contributed by atoms with Gasteiger partial charge in [-0.05, 0) is 36.6 Å². The minimum atomic E-state index is -4.45. The van der Waals surface area contributed by atoms with Gasteiger partial charge in [0.05, 0.1) is 17.1 Å². The number of amides is 1. The number of likely N-dealkylation sites (tertiary alicyclic amines) is 1. The second-order valence-electron chi connectivity index (χ2n) is 8.11. The summed E-state index contributed by atoms with van der Waals surface area (Å²) >= 11 is 0. The summed E-state index contributed by atoms with van der Waals surface area (Å²) in [5.74, 6) is -0.112. The second-order valence-corrected chi connectivity index (χ2v) is 8.11. The van der Waals surface area contributed by atoms with Gasteiger partial charge in [0, 0.05) is 30.6 Å². The van der Waals surface area contributed by atoms with Gasteiger partial charge in [-0.25, -0.2) is 9.50 Å². The van der Waals surface area contributed by atoms with Crippen molar-refractivity contribution in [2.45, 2.75) is 25.1 Å². The topological polar surface area (TPSA) is 59.7 Å². The van der Waals surface area contributed by atoms with Crippen molar-refractivity contribution in [1.82, 2.24) is 19.5 Å². The number of nitrogens with zero attached hydrogens (tertiary/aromatic N) is 4. The fraction of sp³-hybridized carbons (Fsp3) is 0.240. The van der Waals surface area contributed by atoms with E-state index in [1.165, 1.54) is 6.07 Å². The molecule has 1 aromatic carbocycles. The molecule has 1 aliphatic rings. The van der Waals surface area contributed by atoms with Crippen LogP contribution in [0.5, 0.6) is 5.88 Å². The minimum Gasteiger partial charge on any atom is -0.475 e. The molecular weight excluding hydrogens is 445 g/mol. The van der Waals surface area contributed by atoms with E-state index in [1.54, 1.807) is 15.6 Å². The number of carbonyl (C=O) groups is 1. The van der Waals surface area contributed by atoms with Gasteiger partial charge >= 0.3 is 6.18 Å². The Kier molecular flexibility index (Phi) is 5.69. The molecule has 1 fully saturated rings. The summed E-state index contributed by atoms with van der Waals surface area (Å²) in [6.45, 7) is 0.688. The summed E-state index contributed by atoms with van der Waals surface area (Å²) in [5.41, 5.74) is 2.02. The van der Waals surface area contributed by atoms with E-state index in [-0.39, 0.29) is 24.4 Å². The van der Waals surface area contributed by atoms with Crippen molar-refractivity contribution in [2.75, 3.05) is 13.2 Å². The molecule has 0 bridgehead atoms. The fourth-order valence-electron chi connectivity index (χ4n) is 4.27. The van der Waals surface area contributed by atoms with E-state index in [9.17, 15) is 18.0 Å². The zero-order chi connectivity index (χ0) is 23.7. The number of fused-ring (bicyclic) bond motifs is 1. The molecule has 1 aliphatic heterocycles. The number of pyridine rings is 2. The van der Waals surface area contributed by atoms with Crippen molar-refractivity contribution in [3.63, 3.8) is 0 Å². The van der Waals surface area contributed by atoms with Crippen LogP contribution in [0.1, 0.15) is 28.9 Å². The highest BCUT2D eigenvalue weighted by molar-refractivity contribution is 6.03. The van der Waals surface area contributed by atoms with E-state index in [0.29, 0.717) is 12.2 Å². The first-order chi connectivity index (χ1) is 16.4. The van der Waals surface area contributed by atoms with E-state index in [1.807, 2.05) is 48.5 Å². The number of aromatic nitrogens is 3. The average Bonchev–Trinajstić information content (AvgIpc) is 3.47. The summed E-state index contributed by atoms with van der Waals surface area (Å²) in [4.78, 5) is 19.1. The monoisotopic (exact) mass is 466 g/mol. The Bertz CT molecular complexity index is 1300. The number of rotatable bonds is 5. The highest BCUT2D eigenvalue weighted by Crippen LogP contribution is 2.32. The Hall–Kier alpha value is -3.88. The molecule has 0 spiro atoms. The van der Waals surface area contributed by atoms with Gasteiger partial charge < -0.3 is 9.64 Å². The second kappa shape index (κ2) is 8.81. The van der Waals surface area contributed by atoms with Crippen molar-refractivity contribution in [2.24, 2.45) is 0 Å². The molecule has 1 amide bonds. The number of ether oxygens (including phenoxy) is 1. The van der Waals surface area contributed by atoms with Crippen LogP contribution in [0.2, 0.25) is 0 Å². The Morgan fingerprint density at radius 2 is 1.85 bits per heavy atom. The van der Waals surface area contributed by atoms with E-state index >= 15 is 0 Å². The molecule has 0 aliphatic carbocycles. The number of benzene rings is 1. The maximum Gasteiger partial charge on any atom is 0.417 e. The van der Waals surface area contributed by atoms with E-state index in [2.05, 4.69) is 10.1 Å². The first-order valence-corrected chi connectivity index (χ1v) is 10.9. The van der Waals surface area contributed by atoms with Gasteiger partial charge in [0.15, 0.2) is 5.69 Å². The lowest BCUT2D eigenvalue weighted by molar-refractivity contribution is -0.137. The van der Waals surface area contributed by atoms with E-state index in [0.717, 1.165) is 41.7 Å². The maximum absolute atomic E-state index is 13.6. The summed E-state index contributed by atoms with van der Waals surface area (Å²) in [6.07, 6.45) is -0.380. The minimum absolute atomic E-state index is 0.0880. The molecule has 6 nitrogen and oxygen atoms in total. The van der Waals surface area contributed by atoms with Crippen LogP contribution < -0.4 is 4.74 Å². The third-order valence-electron chi connectivity index (χ3n) is 5.93. The van der Waals surface area contributed by atoms with Crippen molar-refractivity contribution >= 4 is 11.4 Å². The van der Waals surface area contributed by atoms with Gasteiger partial charge in [-0.15, -0.1) is 0 Å². The predicted octanol–water partition coefficient (Wildman–Crippen LogP) is 5.10. The van der Waals surface area contributed by atoms with E-state index in [4.69, 9.17) is 4.74 Å². The van der Waals surface area contributed by atoms with Gasteiger partial charge in [-0.1, -0.05) is 36.4 Å². The fourth-order valence-corrected chi connectivity index (χ4v) is 4.27. The molecule has 1 atom stereocenters. The van der Waals surface area contributed by atoms with Crippen molar-refractivity contribution < 1.29 is 22.7 Å². The molecule has 0 N–H and O–H groups in total. The highest BCUT2D eigenvalue weighted by atomic mass is 19.4. The highest BCUT2D eigenvalue weighted by Gasteiger charge is 2.34. The number of halogens is 3. The summed E-state index contributed by atoms with van der Waals surface area (Å²) < 4.78 is 45.6. The zero-order valence-electron chi connectivity index (χ0n) is 18.1. The summed E-state index contributed by atoms with van der Waals surface area (Å²) in [5, 5.41) is 4.58. The number of alkyl halides is 3. The molecule has 5 rings (SSSR count). The van der Waals surface area contributed by atoms with Crippen molar-refractivity contribution in [1.29, 1.82) is 0 Å². The van der Waals surface area contributed by atoms with Crippen LogP contribution in [0.15, 0.2) is 73.1 Å². The average molecular weight is 466 g/mol. The number of carbonyl (C=O) groups excluding carboxylic acids is 1. The van der Waals surface area contributed by atoms with Gasteiger partial charge in [0.1, 0.15) is 6.61 Å². The Morgan fingerprint density at radius 3 is 2.59 bits per heavy atom. The van der Waals surface area contributed by atoms with Gasteiger partial charge in [0.2, 0.25) is 5.88 Å². The van der Waals surface area contributed by atoms with Crippen molar-refractivity contribution in [3.05, 3.63) is 84.3 Å². The third kappa shape index (κ3) is 4.21. The van der Waals surface area contributed by atoms with Crippen LogP contribution in [-0.4, -0.2) is 44.6 Å². The Morgan fingerprint density at radius 1 is 1.06 bits per heavy atom. The molecule has 0 unspecified atom stereocenters. The zero-order valence-corrected chi connectivity index (χ0v) is 18.1. The number of hydrogen-bond acceptors (Lipinski definition) is 4. The smallest absolute Gasteiger partial charge is 0.417 e. The molecule has 1 saturated heterocycles. The Labute approximate surface area is 193 Å². The van der Waals surface area contributed by atoms with Crippen LogP contribution in [0.4, 0.5) is 13.2 Å².